The van der Waals surface area contributed by atoms with Crippen molar-refractivity contribution < 1.29 is 4.79 Å². The highest BCUT2D eigenvalue weighted by Gasteiger charge is 2.15. The minimum atomic E-state index is 0.178. The van der Waals surface area contributed by atoms with Crippen LogP contribution in [0.1, 0.15) is 39.5 Å². The summed E-state index contributed by atoms with van der Waals surface area (Å²) in [5.74, 6) is 0.388. The van der Waals surface area contributed by atoms with Gasteiger partial charge in [0.25, 0.3) is 0 Å². The molecule has 0 radical (unpaired) electrons. The predicted octanol–water partition coefficient (Wildman–Crippen LogP) is 3.46. The number of nitrogens with zero attached hydrogens (tertiary/aromatic N) is 1. The van der Waals surface area contributed by atoms with E-state index in [0.717, 1.165) is 32.2 Å². The molecule has 3 nitrogen and oxygen atoms in total. The fraction of sp³-hybridized carbons (Fsp3) is 0.588. The van der Waals surface area contributed by atoms with Gasteiger partial charge in [-0.05, 0) is 25.0 Å². The third-order valence-electron chi connectivity index (χ3n) is 3.71. The Morgan fingerprint density at radius 1 is 1.25 bits per heavy atom. The molecular formula is C17H28N2O. The molecule has 0 fully saturated rings. The van der Waals surface area contributed by atoms with Crippen LogP contribution in [0.5, 0.6) is 0 Å². The first-order valence-corrected chi connectivity index (χ1v) is 7.72. The monoisotopic (exact) mass is 276 g/mol. The lowest BCUT2D eigenvalue weighted by Gasteiger charge is -2.20. The molecule has 1 rings (SSSR count). The molecule has 0 aliphatic heterocycles. The molecule has 3 heteroatoms. The molecule has 0 saturated carbocycles. The average Bonchev–Trinajstić information content (AvgIpc) is 2.48. The molecule has 1 unspecified atom stereocenters. The fourth-order valence-corrected chi connectivity index (χ4v) is 2.27. The second-order valence-electron chi connectivity index (χ2n) is 5.30. The van der Waals surface area contributed by atoms with E-state index in [0.29, 0.717) is 6.54 Å². The highest BCUT2D eigenvalue weighted by Crippen LogP contribution is 2.13. The van der Waals surface area contributed by atoms with E-state index in [-0.39, 0.29) is 11.8 Å². The van der Waals surface area contributed by atoms with E-state index in [2.05, 4.69) is 43.2 Å². The van der Waals surface area contributed by atoms with Crippen molar-refractivity contribution in [2.75, 3.05) is 25.0 Å². The van der Waals surface area contributed by atoms with Crippen LogP contribution in [0.25, 0.3) is 0 Å². The van der Waals surface area contributed by atoms with Gasteiger partial charge in [0.05, 0.1) is 0 Å². The smallest absolute Gasteiger partial charge is 0.223 e. The number of para-hydroxylation sites is 1. The van der Waals surface area contributed by atoms with Gasteiger partial charge in [0.15, 0.2) is 0 Å². The van der Waals surface area contributed by atoms with Crippen LogP contribution in [0.3, 0.4) is 0 Å². The van der Waals surface area contributed by atoms with Crippen molar-refractivity contribution in [1.29, 1.82) is 0 Å². The maximum atomic E-state index is 12.1. The van der Waals surface area contributed by atoms with E-state index >= 15 is 0 Å². The molecule has 112 valence electrons. The first kappa shape index (κ1) is 16.5. The van der Waals surface area contributed by atoms with Gasteiger partial charge in [0.1, 0.15) is 0 Å². The van der Waals surface area contributed by atoms with Crippen LogP contribution in [0.2, 0.25) is 0 Å². The third-order valence-corrected chi connectivity index (χ3v) is 3.71. The number of likely N-dealkylation sites (N-methyl/N-ethyl adjacent to an activating group) is 1. The van der Waals surface area contributed by atoms with Gasteiger partial charge in [-0.15, -0.1) is 0 Å². The Labute approximate surface area is 123 Å². The van der Waals surface area contributed by atoms with Crippen molar-refractivity contribution >= 4 is 11.6 Å². The van der Waals surface area contributed by atoms with Gasteiger partial charge in [-0.1, -0.05) is 44.9 Å². The van der Waals surface area contributed by atoms with Gasteiger partial charge < -0.3 is 10.2 Å². The van der Waals surface area contributed by atoms with Crippen LogP contribution in [-0.2, 0) is 4.79 Å². The number of amides is 1. The lowest BCUT2D eigenvalue weighted by Crippen LogP contribution is -2.36. The molecule has 1 amide bonds. The molecule has 1 aromatic rings. The number of unbranched alkanes of at least 4 members (excludes halogenated alkanes) is 1. The van der Waals surface area contributed by atoms with E-state index in [9.17, 15) is 4.79 Å². The molecule has 0 aliphatic rings. The SMILES string of the molecule is CCCCC(CC)C(=O)NCCN(C)c1ccccc1. The van der Waals surface area contributed by atoms with Crippen LogP contribution in [0.4, 0.5) is 5.69 Å². The molecular weight excluding hydrogens is 248 g/mol. The zero-order chi connectivity index (χ0) is 14.8. The lowest BCUT2D eigenvalue weighted by atomic mass is 9.98. The van der Waals surface area contributed by atoms with Crippen LogP contribution in [0.15, 0.2) is 30.3 Å². The van der Waals surface area contributed by atoms with Crippen molar-refractivity contribution in [2.24, 2.45) is 5.92 Å². The number of anilines is 1. The molecule has 0 heterocycles. The maximum Gasteiger partial charge on any atom is 0.223 e. The summed E-state index contributed by atoms with van der Waals surface area (Å²) in [7, 11) is 2.05. The first-order chi connectivity index (χ1) is 9.69. The largest absolute Gasteiger partial charge is 0.373 e. The number of hydrogen-bond donors (Lipinski definition) is 1. The number of nitrogens with one attached hydrogen (secondary N) is 1. The number of benzene rings is 1. The van der Waals surface area contributed by atoms with Gasteiger partial charge >= 0.3 is 0 Å². The second-order valence-corrected chi connectivity index (χ2v) is 5.30. The summed E-state index contributed by atoms with van der Waals surface area (Å²) in [4.78, 5) is 14.2. The Hall–Kier alpha value is -1.51. The van der Waals surface area contributed by atoms with E-state index in [1.165, 1.54) is 5.69 Å². The van der Waals surface area contributed by atoms with Crippen molar-refractivity contribution in [3.63, 3.8) is 0 Å². The summed E-state index contributed by atoms with van der Waals surface area (Å²) in [6.07, 6.45) is 4.23. The van der Waals surface area contributed by atoms with Gasteiger partial charge in [0, 0.05) is 31.7 Å². The Balaban J connectivity index is 2.30. The Bertz CT molecular complexity index is 378. The number of hydrogen-bond acceptors (Lipinski definition) is 2. The topological polar surface area (TPSA) is 32.3 Å². The van der Waals surface area contributed by atoms with Crippen molar-refractivity contribution in [3.05, 3.63) is 30.3 Å². The molecule has 0 bridgehead atoms. The highest BCUT2D eigenvalue weighted by molar-refractivity contribution is 5.78. The van der Waals surface area contributed by atoms with Gasteiger partial charge in [-0.25, -0.2) is 0 Å². The van der Waals surface area contributed by atoms with Gasteiger partial charge in [-0.3, -0.25) is 4.79 Å². The molecule has 1 N–H and O–H groups in total. The molecule has 1 atom stereocenters. The molecule has 1 aromatic carbocycles. The summed E-state index contributed by atoms with van der Waals surface area (Å²) < 4.78 is 0. The van der Waals surface area contributed by atoms with E-state index < -0.39 is 0 Å². The van der Waals surface area contributed by atoms with E-state index in [4.69, 9.17) is 0 Å². The molecule has 0 aliphatic carbocycles. The summed E-state index contributed by atoms with van der Waals surface area (Å²) in [5, 5.41) is 3.06. The van der Waals surface area contributed by atoms with Crippen molar-refractivity contribution in [1.82, 2.24) is 5.32 Å². The standard InChI is InChI=1S/C17H28N2O/c1-4-6-10-15(5-2)17(20)18-13-14-19(3)16-11-8-7-9-12-16/h7-9,11-12,15H,4-6,10,13-14H2,1-3H3,(H,18,20). The quantitative estimate of drug-likeness (QED) is 0.749. The summed E-state index contributed by atoms with van der Waals surface area (Å²) >= 11 is 0. The number of rotatable bonds is 9. The number of carbonyl (C=O) groups is 1. The van der Waals surface area contributed by atoms with Crippen molar-refractivity contribution in [3.8, 4) is 0 Å². The molecule has 20 heavy (non-hydrogen) atoms. The minimum Gasteiger partial charge on any atom is -0.373 e. The fourth-order valence-electron chi connectivity index (χ4n) is 2.27. The highest BCUT2D eigenvalue weighted by atomic mass is 16.1. The first-order valence-electron chi connectivity index (χ1n) is 7.72. The Morgan fingerprint density at radius 3 is 2.55 bits per heavy atom. The molecule has 0 aromatic heterocycles. The van der Waals surface area contributed by atoms with Crippen LogP contribution in [-0.4, -0.2) is 26.0 Å². The zero-order valence-electron chi connectivity index (χ0n) is 13.1. The zero-order valence-corrected chi connectivity index (χ0v) is 13.1. The van der Waals surface area contributed by atoms with Gasteiger partial charge in [0.2, 0.25) is 5.91 Å². The summed E-state index contributed by atoms with van der Waals surface area (Å²) in [6.45, 7) is 5.79. The van der Waals surface area contributed by atoms with Crippen LogP contribution in [0, 0.1) is 5.92 Å². The second kappa shape index (κ2) is 9.40. The summed E-state index contributed by atoms with van der Waals surface area (Å²) in [6, 6.07) is 10.2. The third kappa shape index (κ3) is 5.64. The van der Waals surface area contributed by atoms with E-state index in [1.54, 1.807) is 0 Å². The number of carbonyl (C=O) groups excluding carboxylic acids is 1. The van der Waals surface area contributed by atoms with Crippen LogP contribution >= 0.6 is 0 Å². The minimum absolute atomic E-state index is 0.178. The van der Waals surface area contributed by atoms with E-state index in [1.807, 2.05) is 18.2 Å². The molecule has 0 saturated heterocycles. The summed E-state index contributed by atoms with van der Waals surface area (Å²) in [5.41, 5.74) is 1.18. The van der Waals surface area contributed by atoms with Crippen LogP contribution < -0.4 is 10.2 Å². The van der Waals surface area contributed by atoms with Gasteiger partial charge in [-0.2, -0.15) is 0 Å². The van der Waals surface area contributed by atoms with Crippen molar-refractivity contribution in [2.45, 2.75) is 39.5 Å². The lowest BCUT2D eigenvalue weighted by molar-refractivity contribution is -0.125. The average molecular weight is 276 g/mol. The normalized spacial score (nSPS) is 11.9. The Kier molecular flexibility index (Phi) is 7.78. The Morgan fingerprint density at radius 2 is 1.95 bits per heavy atom. The predicted molar refractivity (Wildman–Crippen MR) is 86.0 cm³/mol. The maximum absolute atomic E-state index is 12.1. The molecule has 0 spiro atoms.